The summed E-state index contributed by atoms with van der Waals surface area (Å²) in [7, 11) is 2.09. The highest BCUT2D eigenvalue weighted by Gasteiger charge is 2.28. The normalized spacial score (nSPS) is 21.8. The van der Waals surface area contributed by atoms with E-state index in [2.05, 4.69) is 25.8 Å². The molecule has 0 unspecified atom stereocenters. The maximum Gasteiger partial charge on any atom is 0.267 e. The molecule has 2 amide bonds. The van der Waals surface area contributed by atoms with Crippen LogP contribution in [0.5, 0.6) is 0 Å². The van der Waals surface area contributed by atoms with Crippen LogP contribution in [0.3, 0.4) is 0 Å². The van der Waals surface area contributed by atoms with Gasteiger partial charge in [0.2, 0.25) is 5.91 Å². The van der Waals surface area contributed by atoms with Crippen molar-refractivity contribution in [2.24, 2.45) is 0 Å². The van der Waals surface area contributed by atoms with E-state index in [1.54, 1.807) is 23.7 Å². The number of hydrogen-bond acceptors (Lipinski definition) is 4. The Kier molecular flexibility index (Phi) is 6.50. The van der Waals surface area contributed by atoms with Gasteiger partial charge in [-0.25, -0.2) is 5.48 Å². The van der Waals surface area contributed by atoms with Gasteiger partial charge in [-0.3, -0.25) is 19.7 Å². The van der Waals surface area contributed by atoms with E-state index in [0.29, 0.717) is 12.1 Å². The Labute approximate surface area is 148 Å². The van der Waals surface area contributed by atoms with E-state index in [0.717, 1.165) is 24.2 Å². The number of nitrogens with one attached hydrogen (secondary N) is 1. The first-order valence-electron chi connectivity index (χ1n) is 8.32. The van der Waals surface area contributed by atoms with E-state index < -0.39 is 5.91 Å². The minimum absolute atomic E-state index is 0.00686. The molecule has 2 N–H and O–H groups in total. The van der Waals surface area contributed by atoms with Crippen LogP contribution in [0.15, 0.2) is 36.4 Å². The van der Waals surface area contributed by atoms with Gasteiger partial charge in [0, 0.05) is 37.3 Å². The molecule has 0 aliphatic carbocycles. The maximum atomic E-state index is 12.4. The largest absolute Gasteiger partial charge is 0.336 e. The van der Waals surface area contributed by atoms with E-state index in [9.17, 15) is 9.59 Å². The van der Waals surface area contributed by atoms with Crippen LogP contribution in [0.1, 0.15) is 25.0 Å². The van der Waals surface area contributed by atoms with Crippen LogP contribution in [0.2, 0.25) is 0 Å². The molecule has 0 aromatic heterocycles. The summed E-state index contributed by atoms with van der Waals surface area (Å²) in [5.74, 6) is -0.582. The highest BCUT2D eigenvalue weighted by atomic mass is 16.5. The third kappa shape index (κ3) is 5.27. The number of benzene rings is 1. The number of carbonyl (C=O) groups is 2. The summed E-state index contributed by atoms with van der Waals surface area (Å²) in [6.45, 7) is 5.70. The molecule has 1 fully saturated rings. The number of rotatable bonds is 4. The zero-order valence-corrected chi connectivity index (χ0v) is 14.8. The Morgan fingerprint density at radius 1 is 1.12 bits per heavy atom. The fourth-order valence-electron chi connectivity index (χ4n) is 2.83. The molecule has 0 bridgehead atoms. The summed E-state index contributed by atoms with van der Waals surface area (Å²) in [6.07, 6.45) is 6.20. The Morgan fingerprint density at radius 3 is 2.24 bits per heavy atom. The minimum Gasteiger partial charge on any atom is -0.336 e. The second-order valence-corrected chi connectivity index (χ2v) is 6.42. The molecule has 2 rings (SSSR count). The van der Waals surface area contributed by atoms with Crippen LogP contribution in [-0.4, -0.2) is 59.0 Å². The smallest absolute Gasteiger partial charge is 0.267 e. The lowest BCUT2D eigenvalue weighted by atomic mass is 10.1. The zero-order chi connectivity index (χ0) is 18.4. The van der Waals surface area contributed by atoms with Crippen LogP contribution < -0.4 is 5.48 Å². The van der Waals surface area contributed by atoms with Crippen molar-refractivity contribution in [3.63, 3.8) is 0 Å². The van der Waals surface area contributed by atoms with Gasteiger partial charge in [-0.2, -0.15) is 0 Å². The average Bonchev–Trinajstić information content (AvgIpc) is 2.62. The number of nitrogens with zero attached hydrogens (tertiary/aromatic N) is 2. The molecule has 1 heterocycles. The number of hydrogen-bond donors (Lipinski definition) is 2. The summed E-state index contributed by atoms with van der Waals surface area (Å²) in [5, 5.41) is 8.48. The Bertz CT molecular complexity index is 672. The van der Waals surface area contributed by atoms with E-state index in [1.807, 2.05) is 29.2 Å². The van der Waals surface area contributed by atoms with E-state index >= 15 is 0 Å². The summed E-state index contributed by atoms with van der Waals surface area (Å²) in [5.41, 5.74) is 3.22. The molecule has 25 heavy (non-hydrogen) atoms. The zero-order valence-electron chi connectivity index (χ0n) is 14.8. The van der Waals surface area contributed by atoms with Crippen molar-refractivity contribution in [2.75, 3.05) is 20.1 Å². The molecule has 0 radical (unpaired) electrons. The molecule has 6 nitrogen and oxygen atoms in total. The lowest BCUT2D eigenvalue weighted by Crippen LogP contribution is -2.56. The molecule has 1 aromatic rings. The van der Waals surface area contributed by atoms with Gasteiger partial charge in [-0.1, -0.05) is 18.2 Å². The van der Waals surface area contributed by atoms with Crippen molar-refractivity contribution in [1.82, 2.24) is 15.3 Å². The topological polar surface area (TPSA) is 72.9 Å². The van der Waals surface area contributed by atoms with Gasteiger partial charge in [-0.15, -0.1) is 0 Å². The summed E-state index contributed by atoms with van der Waals surface area (Å²) in [6, 6.07) is 8.12. The molecule has 2 atom stereocenters. The molecule has 1 aliphatic rings. The SMILES string of the molecule is C[C@@H]1CN(C(=O)C=Cc2cccc(C=CC(=O)NO)c2)C[C@H](C)N1C. The first kappa shape index (κ1) is 18.9. The lowest BCUT2D eigenvalue weighted by molar-refractivity contribution is -0.129. The molecule has 0 saturated carbocycles. The van der Waals surface area contributed by atoms with Crippen molar-refractivity contribution in [1.29, 1.82) is 0 Å². The van der Waals surface area contributed by atoms with E-state index in [4.69, 9.17) is 5.21 Å². The molecule has 134 valence electrons. The second kappa shape index (κ2) is 8.60. The van der Waals surface area contributed by atoms with Gasteiger partial charge in [0.25, 0.3) is 5.91 Å². The predicted octanol–water partition coefficient (Wildman–Crippen LogP) is 1.77. The number of likely N-dealkylation sites (N-methyl/N-ethyl adjacent to an activating group) is 1. The van der Waals surface area contributed by atoms with Crippen LogP contribution in [0, 0.1) is 0 Å². The minimum atomic E-state index is -0.588. The van der Waals surface area contributed by atoms with E-state index in [-0.39, 0.29) is 5.91 Å². The quantitative estimate of drug-likeness (QED) is 0.496. The van der Waals surface area contributed by atoms with Crippen LogP contribution >= 0.6 is 0 Å². The van der Waals surface area contributed by atoms with Gasteiger partial charge in [0.05, 0.1) is 0 Å². The fraction of sp³-hybridized carbons (Fsp3) is 0.368. The average molecular weight is 343 g/mol. The van der Waals surface area contributed by atoms with Crippen molar-refractivity contribution >= 4 is 24.0 Å². The van der Waals surface area contributed by atoms with Gasteiger partial charge in [0.15, 0.2) is 0 Å². The van der Waals surface area contributed by atoms with E-state index in [1.165, 1.54) is 6.08 Å². The lowest BCUT2D eigenvalue weighted by Gasteiger charge is -2.42. The summed E-state index contributed by atoms with van der Waals surface area (Å²) >= 11 is 0. The fourth-order valence-corrected chi connectivity index (χ4v) is 2.83. The van der Waals surface area contributed by atoms with Crippen LogP contribution in [0.4, 0.5) is 0 Å². The molecule has 1 aromatic carbocycles. The molecule has 0 spiro atoms. The first-order chi connectivity index (χ1) is 11.9. The van der Waals surface area contributed by atoms with Crippen LogP contribution in [0.25, 0.3) is 12.2 Å². The highest BCUT2D eigenvalue weighted by molar-refractivity contribution is 5.92. The third-order valence-corrected chi connectivity index (χ3v) is 4.54. The number of carbonyl (C=O) groups excluding carboxylic acids is 2. The molecular formula is C19H25N3O3. The van der Waals surface area contributed by atoms with Gasteiger partial charge in [0.1, 0.15) is 0 Å². The monoisotopic (exact) mass is 343 g/mol. The molecule has 1 aliphatic heterocycles. The van der Waals surface area contributed by atoms with Crippen molar-refractivity contribution in [3.8, 4) is 0 Å². The number of amides is 2. The predicted molar refractivity (Wildman–Crippen MR) is 97.7 cm³/mol. The molecule has 6 heteroatoms. The molecular weight excluding hydrogens is 318 g/mol. The Balaban J connectivity index is 2.02. The third-order valence-electron chi connectivity index (χ3n) is 4.54. The second-order valence-electron chi connectivity index (χ2n) is 6.42. The first-order valence-corrected chi connectivity index (χ1v) is 8.32. The number of piperazine rings is 1. The summed E-state index contributed by atoms with van der Waals surface area (Å²) < 4.78 is 0. The van der Waals surface area contributed by atoms with Crippen molar-refractivity contribution < 1.29 is 14.8 Å². The van der Waals surface area contributed by atoms with Gasteiger partial charge in [-0.05, 0) is 50.2 Å². The van der Waals surface area contributed by atoms with Gasteiger partial charge < -0.3 is 4.90 Å². The Hall–Kier alpha value is -2.44. The number of hydroxylamine groups is 1. The maximum absolute atomic E-state index is 12.4. The van der Waals surface area contributed by atoms with Crippen LogP contribution in [-0.2, 0) is 9.59 Å². The standard InChI is InChI=1S/C19H25N3O3/c1-14-12-22(13-15(2)21(14)3)19(24)10-8-17-6-4-5-16(11-17)7-9-18(23)20-25/h4-11,14-15,25H,12-13H2,1-3H3,(H,20,23)/t14-,15+. The van der Waals surface area contributed by atoms with Crippen molar-refractivity contribution in [3.05, 3.63) is 47.5 Å². The highest BCUT2D eigenvalue weighted by Crippen LogP contribution is 2.14. The Morgan fingerprint density at radius 2 is 1.68 bits per heavy atom. The van der Waals surface area contributed by atoms with Crippen molar-refractivity contribution in [2.45, 2.75) is 25.9 Å². The molecule has 1 saturated heterocycles. The van der Waals surface area contributed by atoms with Gasteiger partial charge >= 0.3 is 0 Å². The summed E-state index contributed by atoms with van der Waals surface area (Å²) in [4.78, 5) is 27.6.